The Kier molecular flexibility index (Phi) is 5.72. The normalized spacial score (nSPS) is 15.6. The van der Waals surface area contributed by atoms with Crippen molar-refractivity contribution in [2.75, 3.05) is 42.5 Å². The topological polar surface area (TPSA) is 93.7 Å². The molecule has 1 saturated heterocycles. The number of halogens is 1. The molecule has 2 aromatic carbocycles. The van der Waals surface area contributed by atoms with Crippen molar-refractivity contribution < 1.29 is 18.4 Å². The molecule has 2 aliphatic rings. The SMILES string of the molecule is N#Cc1nc(CCCN2C(=O)c3ccccc3C2=O)oc1N1CCN(c2ccccc2F)CC1. The molecule has 0 unspecified atom stereocenters. The quantitative estimate of drug-likeness (QED) is 0.523. The number of anilines is 2. The average Bonchev–Trinajstić information content (AvgIpc) is 3.39. The van der Waals surface area contributed by atoms with Gasteiger partial charge in [0.25, 0.3) is 11.8 Å². The van der Waals surface area contributed by atoms with Gasteiger partial charge >= 0.3 is 0 Å². The number of imide groups is 1. The van der Waals surface area contributed by atoms with E-state index in [0.717, 1.165) is 0 Å². The fourth-order valence-electron chi connectivity index (χ4n) is 4.44. The molecule has 1 fully saturated rings. The van der Waals surface area contributed by atoms with E-state index in [4.69, 9.17) is 4.42 Å². The van der Waals surface area contributed by atoms with Crippen molar-refractivity contribution in [3.63, 3.8) is 0 Å². The molecule has 172 valence electrons. The number of amides is 2. The third-order valence-corrected chi connectivity index (χ3v) is 6.17. The highest BCUT2D eigenvalue weighted by Gasteiger charge is 2.34. The predicted molar refractivity (Wildman–Crippen MR) is 122 cm³/mol. The van der Waals surface area contributed by atoms with E-state index in [0.29, 0.717) is 67.6 Å². The summed E-state index contributed by atoms with van der Waals surface area (Å²) >= 11 is 0. The van der Waals surface area contributed by atoms with Crippen LogP contribution in [0.5, 0.6) is 0 Å². The van der Waals surface area contributed by atoms with Crippen molar-refractivity contribution in [3.8, 4) is 6.07 Å². The van der Waals surface area contributed by atoms with Crippen LogP contribution in [0.1, 0.15) is 38.7 Å². The van der Waals surface area contributed by atoms with Crippen molar-refractivity contribution in [1.29, 1.82) is 5.26 Å². The molecular weight excluding hydrogens is 437 g/mol. The largest absolute Gasteiger partial charge is 0.424 e. The fraction of sp³-hybridized carbons (Fsp3) is 0.280. The Morgan fingerprint density at radius 1 is 0.941 bits per heavy atom. The molecule has 0 saturated carbocycles. The lowest BCUT2D eigenvalue weighted by Gasteiger charge is -2.36. The van der Waals surface area contributed by atoms with Crippen molar-refractivity contribution in [1.82, 2.24) is 9.88 Å². The molecule has 3 aromatic rings. The summed E-state index contributed by atoms with van der Waals surface area (Å²) in [5.74, 6) is -0.0435. The van der Waals surface area contributed by atoms with Gasteiger partial charge in [-0.15, -0.1) is 0 Å². The lowest BCUT2D eigenvalue weighted by molar-refractivity contribution is 0.0651. The highest BCUT2D eigenvalue weighted by atomic mass is 19.1. The van der Waals surface area contributed by atoms with Crippen LogP contribution in [0.3, 0.4) is 0 Å². The van der Waals surface area contributed by atoms with E-state index >= 15 is 0 Å². The zero-order valence-electron chi connectivity index (χ0n) is 18.4. The molecule has 34 heavy (non-hydrogen) atoms. The molecule has 0 aliphatic carbocycles. The number of hydrogen-bond donors (Lipinski definition) is 0. The number of nitrogens with zero attached hydrogens (tertiary/aromatic N) is 5. The van der Waals surface area contributed by atoms with E-state index in [-0.39, 0.29) is 29.9 Å². The summed E-state index contributed by atoms with van der Waals surface area (Å²) in [5.41, 5.74) is 1.61. The van der Waals surface area contributed by atoms with Gasteiger partial charge in [-0.2, -0.15) is 5.26 Å². The van der Waals surface area contributed by atoms with Crippen LogP contribution in [0.2, 0.25) is 0 Å². The molecular formula is C25H22FN5O3. The Morgan fingerprint density at radius 3 is 2.21 bits per heavy atom. The monoisotopic (exact) mass is 459 g/mol. The Balaban J connectivity index is 1.20. The van der Waals surface area contributed by atoms with Gasteiger partial charge in [0, 0.05) is 39.1 Å². The summed E-state index contributed by atoms with van der Waals surface area (Å²) in [4.78, 5) is 34.5. The highest BCUT2D eigenvalue weighted by molar-refractivity contribution is 6.21. The molecule has 0 radical (unpaired) electrons. The maximum absolute atomic E-state index is 14.1. The zero-order chi connectivity index (χ0) is 23.7. The van der Waals surface area contributed by atoms with Gasteiger partial charge in [0.2, 0.25) is 11.6 Å². The number of oxazole rings is 1. The number of rotatable bonds is 6. The number of para-hydroxylation sites is 1. The van der Waals surface area contributed by atoms with Crippen molar-refractivity contribution >= 4 is 23.4 Å². The lowest BCUT2D eigenvalue weighted by Crippen LogP contribution is -2.47. The van der Waals surface area contributed by atoms with Crippen LogP contribution in [0, 0.1) is 17.1 Å². The molecule has 2 amide bonds. The third-order valence-electron chi connectivity index (χ3n) is 6.17. The molecule has 8 nitrogen and oxygen atoms in total. The first kappa shape index (κ1) is 21.6. The fourth-order valence-corrected chi connectivity index (χ4v) is 4.44. The number of carbonyl (C=O) groups excluding carboxylic acids is 2. The van der Waals surface area contributed by atoms with E-state index in [9.17, 15) is 19.2 Å². The van der Waals surface area contributed by atoms with Gasteiger partial charge in [0.05, 0.1) is 16.8 Å². The number of aryl methyl sites for hydroxylation is 1. The van der Waals surface area contributed by atoms with Gasteiger partial charge in [-0.25, -0.2) is 9.37 Å². The first-order valence-corrected chi connectivity index (χ1v) is 11.2. The van der Waals surface area contributed by atoms with Crippen LogP contribution in [0.4, 0.5) is 16.0 Å². The summed E-state index contributed by atoms with van der Waals surface area (Å²) in [6, 6.07) is 15.5. The first-order valence-electron chi connectivity index (χ1n) is 11.2. The maximum atomic E-state index is 14.1. The summed E-state index contributed by atoms with van der Waals surface area (Å²) in [7, 11) is 0. The number of nitriles is 1. The third kappa shape index (κ3) is 3.88. The van der Waals surface area contributed by atoms with E-state index in [1.54, 1.807) is 36.4 Å². The molecule has 9 heteroatoms. The molecule has 1 aromatic heterocycles. The van der Waals surface area contributed by atoms with Crippen LogP contribution in [-0.4, -0.2) is 54.4 Å². The summed E-state index contributed by atoms with van der Waals surface area (Å²) in [6.45, 7) is 2.54. The van der Waals surface area contributed by atoms with Crippen molar-refractivity contribution in [2.24, 2.45) is 0 Å². The molecule has 0 spiro atoms. The number of benzene rings is 2. The van der Waals surface area contributed by atoms with E-state index < -0.39 is 0 Å². The minimum absolute atomic E-state index is 0.204. The molecule has 3 heterocycles. The molecule has 2 aliphatic heterocycles. The minimum atomic E-state index is -0.292. The highest BCUT2D eigenvalue weighted by Crippen LogP contribution is 2.27. The standard InChI is InChI=1S/C25H22FN5O3/c26-19-8-3-4-9-21(19)29-12-14-30(15-13-29)25-20(16-27)28-22(34-25)10-5-11-31-23(32)17-6-1-2-7-18(17)24(31)33/h1-4,6-9H,5,10-15H2. The predicted octanol–water partition coefficient (Wildman–Crippen LogP) is 3.24. The smallest absolute Gasteiger partial charge is 0.261 e. The van der Waals surface area contributed by atoms with E-state index in [1.165, 1.54) is 11.0 Å². The summed E-state index contributed by atoms with van der Waals surface area (Å²) in [5, 5.41) is 9.54. The van der Waals surface area contributed by atoms with Crippen LogP contribution < -0.4 is 9.80 Å². The van der Waals surface area contributed by atoms with Gasteiger partial charge in [0.15, 0.2) is 5.89 Å². The number of piperazine rings is 1. The minimum Gasteiger partial charge on any atom is -0.424 e. The maximum Gasteiger partial charge on any atom is 0.261 e. The lowest BCUT2D eigenvalue weighted by atomic mass is 10.1. The van der Waals surface area contributed by atoms with Gasteiger partial charge in [-0.1, -0.05) is 24.3 Å². The van der Waals surface area contributed by atoms with Crippen molar-refractivity contribution in [2.45, 2.75) is 12.8 Å². The van der Waals surface area contributed by atoms with Crippen LogP contribution in [0.25, 0.3) is 0 Å². The average molecular weight is 459 g/mol. The molecule has 0 N–H and O–H groups in total. The molecule has 0 bridgehead atoms. The number of hydrogen-bond acceptors (Lipinski definition) is 7. The summed E-state index contributed by atoms with van der Waals surface area (Å²) < 4.78 is 20.0. The van der Waals surface area contributed by atoms with Gasteiger partial charge < -0.3 is 14.2 Å². The van der Waals surface area contributed by atoms with Gasteiger partial charge in [0.1, 0.15) is 11.9 Å². The Bertz CT molecular complexity index is 1250. The van der Waals surface area contributed by atoms with Crippen LogP contribution >= 0.6 is 0 Å². The number of aromatic nitrogens is 1. The Hall–Kier alpha value is -4.19. The van der Waals surface area contributed by atoms with Crippen molar-refractivity contribution in [3.05, 3.63) is 77.1 Å². The summed E-state index contributed by atoms with van der Waals surface area (Å²) in [6.07, 6.45) is 0.856. The molecule has 0 atom stereocenters. The molecule has 5 rings (SSSR count). The zero-order valence-corrected chi connectivity index (χ0v) is 18.4. The second kappa shape index (κ2) is 8.98. The van der Waals surface area contributed by atoms with E-state index in [2.05, 4.69) is 11.1 Å². The van der Waals surface area contributed by atoms with Gasteiger partial charge in [-0.05, 0) is 30.7 Å². The Morgan fingerprint density at radius 2 is 1.56 bits per heavy atom. The Labute approximate surface area is 195 Å². The number of carbonyl (C=O) groups is 2. The second-order valence-corrected chi connectivity index (χ2v) is 8.21. The van der Waals surface area contributed by atoms with Crippen LogP contribution in [-0.2, 0) is 6.42 Å². The van der Waals surface area contributed by atoms with E-state index in [1.807, 2.05) is 15.9 Å². The second-order valence-electron chi connectivity index (χ2n) is 8.21. The van der Waals surface area contributed by atoms with Gasteiger partial charge in [-0.3, -0.25) is 14.5 Å². The van der Waals surface area contributed by atoms with Crippen LogP contribution in [0.15, 0.2) is 52.9 Å². The number of fused-ring (bicyclic) bond motifs is 1. The first-order chi connectivity index (χ1) is 16.6.